The maximum absolute atomic E-state index is 10.8. The molecule has 5 N–H and O–H groups in total. The number of hydrogen-bond acceptors (Lipinski definition) is 9. The minimum Gasteiger partial charge on any atom is -0.492 e. The van der Waals surface area contributed by atoms with Crippen molar-refractivity contribution in [1.29, 1.82) is 0 Å². The Labute approximate surface area is 239 Å². The number of fused-ring (bicyclic) bond motifs is 1. The maximum Gasteiger partial charge on any atom is 0.221 e. The quantitative estimate of drug-likeness (QED) is 0.204. The highest BCUT2D eigenvalue weighted by Crippen LogP contribution is 2.41. The van der Waals surface area contributed by atoms with Crippen molar-refractivity contribution < 1.29 is 19.4 Å². The summed E-state index contributed by atoms with van der Waals surface area (Å²) in [4.78, 5) is 22.4. The average Bonchev–Trinajstić information content (AvgIpc) is 3.37. The van der Waals surface area contributed by atoms with E-state index in [1.54, 1.807) is 7.11 Å². The van der Waals surface area contributed by atoms with Crippen molar-refractivity contribution in [1.82, 2.24) is 20.6 Å². The molecule has 0 aliphatic carbocycles. The predicted octanol–water partition coefficient (Wildman–Crippen LogP) is 2.95. The standard InChI is InChI=1S/C29H37ClN6O4/c1-19-20(21-7-4-9-25(28(21)30)40-15-5-11-32-12-10-26(31)38)6-3-8-24(19)36-17-22-23(18-36)34-27(16-33-13-14-37)35-29(22)39-2/h3-4,6-9,32-33,37H,5,10-18H2,1-2H3,(H2,31,38). The molecule has 0 unspecified atom stereocenters. The van der Waals surface area contributed by atoms with Crippen LogP contribution in [0.1, 0.15) is 35.5 Å². The fraction of sp³-hybridized carbons (Fsp3) is 0.414. The lowest BCUT2D eigenvalue weighted by Crippen LogP contribution is -2.23. The van der Waals surface area contributed by atoms with Crippen molar-refractivity contribution in [2.75, 3.05) is 44.9 Å². The zero-order chi connectivity index (χ0) is 28.5. The second kappa shape index (κ2) is 14.3. The third-order valence-electron chi connectivity index (χ3n) is 6.76. The molecule has 214 valence electrons. The third kappa shape index (κ3) is 7.19. The second-order valence-electron chi connectivity index (χ2n) is 9.57. The van der Waals surface area contributed by atoms with Gasteiger partial charge in [-0.1, -0.05) is 35.9 Å². The highest BCUT2D eigenvalue weighted by atomic mass is 35.5. The number of carbonyl (C=O) groups excluding carboxylic acids is 1. The van der Waals surface area contributed by atoms with Gasteiger partial charge in [0.25, 0.3) is 0 Å². The molecule has 1 aliphatic heterocycles. The van der Waals surface area contributed by atoms with Crippen LogP contribution in [0.5, 0.6) is 11.6 Å². The second-order valence-corrected chi connectivity index (χ2v) is 9.94. The van der Waals surface area contributed by atoms with Gasteiger partial charge >= 0.3 is 0 Å². The molecule has 11 heteroatoms. The Morgan fingerprint density at radius 3 is 2.67 bits per heavy atom. The van der Waals surface area contributed by atoms with E-state index in [-0.39, 0.29) is 12.5 Å². The summed E-state index contributed by atoms with van der Waals surface area (Å²) in [6.07, 6.45) is 1.09. The Hall–Kier alpha value is -3.44. The lowest BCUT2D eigenvalue weighted by molar-refractivity contribution is -0.117. The smallest absolute Gasteiger partial charge is 0.221 e. The molecule has 0 radical (unpaired) electrons. The Morgan fingerprint density at radius 2 is 1.90 bits per heavy atom. The molecule has 0 fully saturated rings. The molecule has 0 saturated heterocycles. The molecule has 0 atom stereocenters. The van der Waals surface area contributed by atoms with Crippen LogP contribution in [-0.4, -0.2) is 60.9 Å². The molecule has 4 rings (SSSR count). The monoisotopic (exact) mass is 568 g/mol. The number of hydrogen-bond donors (Lipinski definition) is 4. The first-order valence-corrected chi connectivity index (χ1v) is 13.8. The van der Waals surface area contributed by atoms with E-state index in [1.807, 2.05) is 24.3 Å². The van der Waals surface area contributed by atoms with Crippen molar-refractivity contribution in [3.05, 3.63) is 64.1 Å². The van der Waals surface area contributed by atoms with Crippen molar-refractivity contribution >= 4 is 23.2 Å². The van der Waals surface area contributed by atoms with Gasteiger partial charge in [-0.3, -0.25) is 4.79 Å². The molecule has 0 bridgehead atoms. The van der Waals surface area contributed by atoms with Crippen LogP contribution < -0.4 is 30.7 Å². The molecule has 40 heavy (non-hydrogen) atoms. The summed E-state index contributed by atoms with van der Waals surface area (Å²) in [6.45, 7) is 6.15. The Bertz CT molecular complexity index is 1320. The maximum atomic E-state index is 10.8. The van der Waals surface area contributed by atoms with E-state index >= 15 is 0 Å². The molecule has 0 saturated carbocycles. The zero-order valence-electron chi connectivity index (χ0n) is 23.0. The van der Waals surface area contributed by atoms with E-state index in [0.717, 1.165) is 46.6 Å². The molecule has 1 aromatic heterocycles. The number of aliphatic hydroxyl groups is 1. The summed E-state index contributed by atoms with van der Waals surface area (Å²) in [7, 11) is 1.62. The fourth-order valence-electron chi connectivity index (χ4n) is 4.78. The van der Waals surface area contributed by atoms with Crippen LogP contribution in [0.25, 0.3) is 11.1 Å². The molecular formula is C29H37ClN6O4. The van der Waals surface area contributed by atoms with Gasteiger partial charge in [0.1, 0.15) is 11.6 Å². The lowest BCUT2D eigenvalue weighted by atomic mass is 9.98. The van der Waals surface area contributed by atoms with Gasteiger partial charge < -0.3 is 35.8 Å². The number of ether oxygens (including phenoxy) is 2. The number of carbonyl (C=O) groups is 1. The van der Waals surface area contributed by atoms with E-state index in [4.69, 9.17) is 36.9 Å². The fourth-order valence-corrected chi connectivity index (χ4v) is 5.06. The van der Waals surface area contributed by atoms with Gasteiger partial charge in [0, 0.05) is 30.8 Å². The van der Waals surface area contributed by atoms with Crippen LogP contribution in [0.3, 0.4) is 0 Å². The summed E-state index contributed by atoms with van der Waals surface area (Å²) in [5, 5.41) is 15.9. The molecule has 1 amide bonds. The number of nitrogens with zero attached hydrogens (tertiary/aromatic N) is 3. The number of primary amides is 1. The summed E-state index contributed by atoms with van der Waals surface area (Å²) in [5.41, 5.74) is 11.2. The van der Waals surface area contributed by atoms with Crippen LogP contribution in [0.2, 0.25) is 5.02 Å². The minimum absolute atomic E-state index is 0.0572. The van der Waals surface area contributed by atoms with Gasteiger partial charge in [-0.2, -0.15) is 4.98 Å². The Morgan fingerprint density at radius 1 is 1.10 bits per heavy atom. The van der Waals surface area contributed by atoms with Gasteiger partial charge in [-0.15, -0.1) is 0 Å². The SMILES string of the molecule is COc1nc(CNCCO)nc2c1CN(c1cccc(-c3cccc(OCCCNCCC(N)=O)c3Cl)c1C)C2. The van der Waals surface area contributed by atoms with Crippen LogP contribution in [0.15, 0.2) is 36.4 Å². The van der Waals surface area contributed by atoms with Gasteiger partial charge in [0.05, 0.1) is 56.2 Å². The van der Waals surface area contributed by atoms with E-state index < -0.39 is 0 Å². The number of benzene rings is 2. The number of amides is 1. The highest BCUT2D eigenvalue weighted by Gasteiger charge is 2.27. The van der Waals surface area contributed by atoms with Crippen molar-refractivity contribution in [2.24, 2.45) is 5.73 Å². The Balaban J connectivity index is 1.47. The zero-order valence-corrected chi connectivity index (χ0v) is 23.8. The molecule has 2 heterocycles. The highest BCUT2D eigenvalue weighted by molar-refractivity contribution is 6.34. The van der Waals surface area contributed by atoms with Gasteiger partial charge in [-0.25, -0.2) is 4.98 Å². The molecule has 10 nitrogen and oxygen atoms in total. The number of nitrogens with one attached hydrogen (secondary N) is 2. The number of nitrogens with two attached hydrogens (primary N) is 1. The number of aromatic nitrogens is 2. The molecule has 2 aromatic carbocycles. The third-order valence-corrected chi connectivity index (χ3v) is 7.15. The van der Waals surface area contributed by atoms with Crippen LogP contribution in [0, 0.1) is 6.92 Å². The first-order chi connectivity index (χ1) is 19.4. The molecular weight excluding hydrogens is 532 g/mol. The van der Waals surface area contributed by atoms with Gasteiger partial charge in [-0.05, 0) is 43.1 Å². The summed E-state index contributed by atoms with van der Waals surface area (Å²) in [6, 6.07) is 12.0. The van der Waals surface area contributed by atoms with Gasteiger partial charge in [0.15, 0.2) is 0 Å². The van der Waals surface area contributed by atoms with Crippen LogP contribution in [0.4, 0.5) is 5.69 Å². The number of halogens is 1. The molecule has 0 spiro atoms. The van der Waals surface area contributed by atoms with E-state index in [1.165, 1.54) is 0 Å². The van der Waals surface area contributed by atoms with E-state index in [0.29, 0.717) is 68.2 Å². The molecule has 1 aliphatic rings. The Kier molecular flexibility index (Phi) is 10.5. The van der Waals surface area contributed by atoms with Crippen molar-refractivity contribution in [2.45, 2.75) is 39.4 Å². The minimum atomic E-state index is -0.314. The summed E-state index contributed by atoms with van der Waals surface area (Å²) in [5.74, 6) is 1.54. The average molecular weight is 569 g/mol. The first-order valence-electron chi connectivity index (χ1n) is 13.4. The number of anilines is 1. The van der Waals surface area contributed by atoms with E-state index in [2.05, 4.69) is 39.6 Å². The lowest BCUT2D eigenvalue weighted by Gasteiger charge is -2.22. The largest absolute Gasteiger partial charge is 0.492 e. The normalized spacial score (nSPS) is 12.4. The number of rotatable bonds is 15. The number of aliphatic hydroxyl groups excluding tert-OH is 1. The van der Waals surface area contributed by atoms with Crippen molar-refractivity contribution in [3.8, 4) is 22.8 Å². The summed E-state index contributed by atoms with van der Waals surface area (Å²) >= 11 is 6.84. The van der Waals surface area contributed by atoms with Gasteiger partial charge in [0.2, 0.25) is 11.8 Å². The van der Waals surface area contributed by atoms with E-state index in [9.17, 15) is 4.79 Å². The first kappa shape index (κ1) is 29.5. The van der Waals surface area contributed by atoms with Crippen LogP contribution in [-0.2, 0) is 24.4 Å². The predicted molar refractivity (Wildman–Crippen MR) is 156 cm³/mol. The molecule has 3 aromatic rings. The topological polar surface area (TPSA) is 135 Å². The summed E-state index contributed by atoms with van der Waals surface area (Å²) < 4.78 is 11.6. The van der Waals surface area contributed by atoms with Crippen molar-refractivity contribution in [3.63, 3.8) is 0 Å². The van der Waals surface area contributed by atoms with Crippen LogP contribution >= 0.6 is 11.6 Å². The number of methoxy groups -OCH3 is 1.